The summed E-state index contributed by atoms with van der Waals surface area (Å²) in [5.41, 5.74) is 0.480. The second kappa shape index (κ2) is 4.26. The van der Waals surface area contributed by atoms with Crippen molar-refractivity contribution in [1.29, 1.82) is 0 Å². The topological polar surface area (TPSA) is 63.6 Å². The number of aromatic nitrogens is 4. The first-order valence-corrected chi connectivity index (χ1v) is 6.35. The van der Waals surface area contributed by atoms with E-state index < -0.39 is 5.92 Å². The number of nitrogens with one attached hydrogen (secondary N) is 1. The highest BCUT2D eigenvalue weighted by Gasteiger charge is 2.36. The first kappa shape index (κ1) is 12.5. The minimum Gasteiger partial charge on any atom is -0.303 e. The van der Waals surface area contributed by atoms with Crippen LogP contribution in [0.3, 0.4) is 0 Å². The van der Waals surface area contributed by atoms with Crippen molar-refractivity contribution in [2.24, 2.45) is 0 Å². The van der Waals surface area contributed by atoms with Crippen molar-refractivity contribution in [1.82, 2.24) is 19.5 Å². The molecule has 8 heteroatoms. The van der Waals surface area contributed by atoms with Gasteiger partial charge in [-0.25, -0.2) is 18.6 Å². The maximum atomic E-state index is 13.2. The Hall–Kier alpha value is -1.50. The summed E-state index contributed by atoms with van der Waals surface area (Å²) in [5.74, 6) is -2.63. The number of rotatable bonds is 1. The maximum Gasteiger partial charge on any atom is 0.327 e. The minimum absolute atomic E-state index is 0.0291. The van der Waals surface area contributed by atoms with Gasteiger partial charge in [0, 0.05) is 18.9 Å². The summed E-state index contributed by atoms with van der Waals surface area (Å²) in [6, 6.07) is -0.271. The van der Waals surface area contributed by atoms with Crippen LogP contribution in [0.2, 0.25) is 5.28 Å². The number of halogens is 3. The number of fused-ring (bicyclic) bond motifs is 1. The van der Waals surface area contributed by atoms with Crippen molar-refractivity contribution in [3.05, 3.63) is 22.0 Å². The van der Waals surface area contributed by atoms with Crippen molar-refractivity contribution < 1.29 is 8.78 Å². The van der Waals surface area contributed by atoms with Gasteiger partial charge in [-0.2, -0.15) is 4.98 Å². The third-order valence-corrected chi connectivity index (χ3v) is 3.66. The number of hydrogen-bond acceptors (Lipinski definition) is 3. The van der Waals surface area contributed by atoms with Crippen molar-refractivity contribution in [3.8, 4) is 0 Å². The van der Waals surface area contributed by atoms with Gasteiger partial charge in [0.2, 0.25) is 11.2 Å². The van der Waals surface area contributed by atoms with E-state index in [0.29, 0.717) is 11.2 Å². The monoisotopic (exact) mass is 288 g/mol. The Labute approximate surface area is 111 Å². The van der Waals surface area contributed by atoms with Crippen LogP contribution in [0.1, 0.15) is 31.7 Å². The van der Waals surface area contributed by atoms with Crippen LogP contribution < -0.4 is 5.69 Å². The second-order valence-electron chi connectivity index (χ2n) is 4.76. The molecule has 3 rings (SSSR count). The second-order valence-corrected chi connectivity index (χ2v) is 5.10. The highest BCUT2D eigenvalue weighted by molar-refractivity contribution is 6.28. The molecule has 0 atom stereocenters. The fraction of sp³-hybridized carbons (Fsp3) is 0.545. The lowest BCUT2D eigenvalue weighted by Crippen LogP contribution is -2.30. The highest BCUT2D eigenvalue weighted by atomic mass is 35.5. The fourth-order valence-electron chi connectivity index (χ4n) is 2.52. The van der Waals surface area contributed by atoms with Crippen LogP contribution in [0.25, 0.3) is 11.2 Å². The number of hydrogen-bond donors (Lipinski definition) is 1. The van der Waals surface area contributed by atoms with Crippen molar-refractivity contribution >= 4 is 22.8 Å². The molecule has 0 aromatic carbocycles. The van der Waals surface area contributed by atoms with E-state index in [4.69, 9.17) is 11.6 Å². The van der Waals surface area contributed by atoms with E-state index in [1.54, 1.807) is 0 Å². The SMILES string of the molecule is O=c1[nH]c2cnc(Cl)nc2n1C1CCC(F)(F)CC1. The molecule has 0 unspecified atom stereocenters. The van der Waals surface area contributed by atoms with E-state index >= 15 is 0 Å². The molecule has 5 nitrogen and oxygen atoms in total. The van der Waals surface area contributed by atoms with Crippen LogP contribution in [-0.2, 0) is 0 Å². The Morgan fingerprint density at radius 2 is 2.11 bits per heavy atom. The van der Waals surface area contributed by atoms with Crippen LogP contribution in [0, 0.1) is 0 Å². The molecule has 2 aromatic rings. The molecule has 0 bridgehead atoms. The molecule has 19 heavy (non-hydrogen) atoms. The molecule has 1 fully saturated rings. The van der Waals surface area contributed by atoms with E-state index in [1.165, 1.54) is 10.8 Å². The zero-order chi connectivity index (χ0) is 13.6. The van der Waals surface area contributed by atoms with Crippen molar-refractivity contribution in [3.63, 3.8) is 0 Å². The molecule has 0 spiro atoms. The van der Waals surface area contributed by atoms with Crippen molar-refractivity contribution in [2.75, 3.05) is 0 Å². The van der Waals surface area contributed by atoms with Gasteiger partial charge >= 0.3 is 5.69 Å². The molecule has 1 aliphatic carbocycles. The standard InChI is InChI=1S/C11H11ClF2N4O/c12-9-15-5-7-8(17-9)18(10(19)16-7)6-1-3-11(13,14)4-2-6/h5-6H,1-4H2,(H,16,19). The van der Waals surface area contributed by atoms with Crippen LogP contribution in [0.4, 0.5) is 8.78 Å². The van der Waals surface area contributed by atoms with E-state index in [2.05, 4.69) is 15.0 Å². The van der Waals surface area contributed by atoms with Gasteiger partial charge in [-0.3, -0.25) is 4.57 Å². The predicted molar refractivity (Wildman–Crippen MR) is 65.6 cm³/mol. The summed E-state index contributed by atoms with van der Waals surface area (Å²) in [4.78, 5) is 22.3. The number of nitrogens with zero attached hydrogens (tertiary/aromatic N) is 3. The molecule has 1 saturated carbocycles. The van der Waals surface area contributed by atoms with E-state index in [-0.39, 0.29) is 42.7 Å². The lowest BCUT2D eigenvalue weighted by Gasteiger charge is -2.28. The molecule has 1 N–H and O–H groups in total. The number of aromatic amines is 1. The maximum absolute atomic E-state index is 13.2. The Kier molecular flexibility index (Phi) is 2.81. The molecule has 2 aromatic heterocycles. The van der Waals surface area contributed by atoms with Gasteiger partial charge in [-0.15, -0.1) is 0 Å². The third-order valence-electron chi connectivity index (χ3n) is 3.48. The Morgan fingerprint density at radius 3 is 2.79 bits per heavy atom. The number of H-pyrrole nitrogens is 1. The molecule has 0 radical (unpaired) electrons. The summed E-state index contributed by atoms with van der Waals surface area (Å²) in [6.45, 7) is 0. The normalized spacial score (nSPS) is 19.9. The van der Waals surface area contributed by atoms with Crippen LogP contribution >= 0.6 is 11.6 Å². The molecule has 0 amide bonds. The van der Waals surface area contributed by atoms with Crippen LogP contribution in [0.5, 0.6) is 0 Å². The molecule has 0 aliphatic heterocycles. The summed E-state index contributed by atoms with van der Waals surface area (Å²) in [6.07, 6.45) is 1.49. The number of alkyl halides is 2. The van der Waals surface area contributed by atoms with Gasteiger partial charge < -0.3 is 4.98 Å². The minimum atomic E-state index is -2.63. The van der Waals surface area contributed by atoms with Crippen LogP contribution in [0.15, 0.2) is 11.0 Å². The van der Waals surface area contributed by atoms with Gasteiger partial charge in [0.15, 0.2) is 5.65 Å². The highest BCUT2D eigenvalue weighted by Crippen LogP contribution is 2.38. The van der Waals surface area contributed by atoms with Gasteiger partial charge in [0.1, 0.15) is 5.52 Å². The summed E-state index contributed by atoms with van der Waals surface area (Å²) in [7, 11) is 0. The fourth-order valence-corrected chi connectivity index (χ4v) is 2.65. The van der Waals surface area contributed by atoms with Crippen molar-refractivity contribution in [2.45, 2.75) is 37.6 Å². The van der Waals surface area contributed by atoms with E-state index in [1.807, 2.05) is 0 Å². The first-order chi connectivity index (χ1) is 8.96. The molecular weight excluding hydrogens is 278 g/mol. The smallest absolute Gasteiger partial charge is 0.303 e. The van der Waals surface area contributed by atoms with E-state index in [0.717, 1.165) is 0 Å². The van der Waals surface area contributed by atoms with Gasteiger partial charge in [0.25, 0.3) is 0 Å². The Balaban J connectivity index is 2.03. The lowest BCUT2D eigenvalue weighted by atomic mass is 9.92. The molecule has 1 aliphatic rings. The average Bonchev–Trinajstić information content (AvgIpc) is 2.65. The van der Waals surface area contributed by atoms with Gasteiger partial charge in [-0.05, 0) is 24.4 Å². The first-order valence-electron chi connectivity index (χ1n) is 5.97. The quantitative estimate of drug-likeness (QED) is 0.820. The largest absolute Gasteiger partial charge is 0.327 e. The molecule has 102 valence electrons. The third kappa shape index (κ3) is 2.22. The average molecular weight is 289 g/mol. The van der Waals surface area contributed by atoms with Gasteiger partial charge in [-0.1, -0.05) is 0 Å². The lowest BCUT2D eigenvalue weighted by molar-refractivity contribution is -0.0439. The Morgan fingerprint density at radius 1 is 1.42 bits per heavy atom. The van der Waals surface area contributed by atoms with E-state index in [9.17, 15) is 13.6 Å². The molecule has 0 saturated heterocycles. The predicted octanol–water partition coefficient (Wildman–Crippen LogP) is 2.52. The molecule has 2 heterocycles. The summed E-state index contributed by atoms with van der Waals surface area (Å²) >= 11 is 5.71. The zero-order valence-corrected chi connectivity index (χ0v) is 10.6. The molecular formula is C11H11ClF2N4O. The van der Waals surface area contributed by atoms with Gasteiger partial charge in [0.05, 0.1) is 6.20 Å². The van der Waals surface area contributed by atoms with Crippen LogP contribution in [-0.4, -0.2) is 25.4 Å². The number of imidazole rings is 1. The summed E-state index contributed by atoms with van der Waals surface area (Å²) < 4.78 is 27.7. The zero-order valence-electron chi connectivity index (χ0n) is 9.87. The summed E-state index contributed by atoms with van der Waals surface area (Å²) in [5, 5.41) is 0.0291. The Bertz CT molecular complexity index is 671.